The van der Waals surface area contributed by atoms with Gasteiger partial charge < -0.3 is 15.3 Å². The number of hydrogen-bond donors (Lipinski definition) is 3. The topological polar surface area (TPSA) is 81.7 Å². The van der Waals surface area contributed by atoms with Crippen LogP contribution in [0.1, 0.15) is 29.5 Å². The summed E-state index contributed by atoms with van der Waals surface area (Å²) in [6.45, 7) is -0.525. The Labute approximate surface area is 219 Å². The zero-order chi connectivity index (χ0) is 27.1. The predicted molar refractivity (Wildman–Crippen MR) is 139 cm³/mol. The highest BCUT2D eigenvalue weighted by molar-refractivity contribution is 5.94. The fourth-order valence-electron chi connectivity index (χ4n) is 4.54. The lowest BCUT2D eigenvalue weighted by atomic mass is 9.91. The normalized spacial score (nSPS) is 20.3. The summed E-state index contributed by atoms with van der Waals surface area (Å²) in [7, 11) is 0. The van der Waals surface area contributed by atoms with Crippen LogP contribution in [0, 0.1) is 0 Å². The molecule has 3 atom stereocenters. The molecule has 0 unspecified atom stereocenters. The Morgan fingerprint density at radius 2 is 1.92 bits per heavy atom. The molecule has 2 amide bonds. The Morgan fingerprint density at radius 1 is 1.13 bits per heavy atom. The fraction of sp³-hybridized carbons (Fsp3) is 0.310. The van der Waals surface area contributed by atoms with E-state index in [1.165, 1.54) is 17.0 Å². The van der Waals surface area contributed by atoms with E-state index in [0.717, 1.165) is 36.1 Å². The number of alkyl halides is 3. The van der Waals surface area contributed by atoms with Crippen LogP contribution >= 0.6 is 0 Å². The van der Waals surface area contributed by atoms with Crippen LogP contribution < -0.4 is 10.6 Å². The second-order valence-electron chi connectivity index (χ2n) is 9.26. The SMILES string of the molecule is O=C(CN1C(=O)[C@@H](N[C@H](CO)C2=CCCC=C2)[C@H]1/C=C/c1ccccc1)NCc1cccc(C(F)(F)F)c1. The third-order valence-electron chi connectivity index (χ3n) is 6.58. The molecule has 1 fully saturated rings. The average Bonchev–Trinajstić information content (AvgIpc) is 2.93. The number of carbonyl (C=O) groups excluding carboxylic acids is 2. The van der Waals surface area contributed by atoms with Crippen molar-refractivity contribution in [2.75, 3.05) is 13.2 Å². The number of halogens is 3. The number of β-lactam (4-membered cyclic amide) rings is 1. The van der Waals surface area contributed by atoms with Crippen molar-refractivity contribution in [3.8, 4) is 0 Å². The zero-order valence-corrected chi connectivity index (χ0v) is 20.7. The Balaban J connectivity index is 1.43. The molecule has 38 heavy (non-hydrogen) atoms. The predicted octanol–water partition coefficient (Wildman–Crippen LogP) is 3.84. The number of hydrogen-bond acceptors (Lipinski definition) is 4. The minimum atomic E-state index is -4.47. The molecule has 1 heterocycles. The van der Waals surface area contributed by atoms with E-state index in [-0.39, 0.29) is 25.6 Å². The van der Waals surface area contributed by atoms with Gasteiger partial charge in [-0.1, -0.05) is 72.8 Å². The third kappa shape index (κ3) is 6.79. The molecule has 0 radical (unpaired) electrons. The van der Waals surface area contributed by atoms with E-state index >= 15 is 0 Å². The molecule has 1 aliphatic heterocycles. The molecule has 0 spiro atoms. The lowest BCUT2D eigenvalue weighted by Gasteiger charge is -2.47. The minimum Gasteiger partial charge on any atom is -0.394 e. The number of allylic oxidation sites excluding steroid dienone is 2. The standard InChI is InChI=1S/C29H30F3N3O3/c30-29(31,32)23-13-7-10-21(16-23)17-33-26(37)18-35-25(15-14-20-8-3-1-4-9-20)27(28(35)38)34-24(19-36)22-11-5-2-6-12-22/h1,3-5,7-16,24-25,27,34,36H,2,6,17-19H2,(H,33,37)/b15-14+/t24-,25-,27+/m1/s1. The maximum Gasteiger partial charge on any atom is 0.416 e. The number of likely N-dealkylation sites (tertiary alicyclic amines) is 1. The van der Waals surface area contributed by atoms with Gasteiger partial charge in [0, 0.05) is 6.54 Å². The van der Waals surface area contributed by atoms with Gasteiger partial charge in [0.15, 0.2) is 0 Å². The first kappa shape index (κ1) is 27.3. The smallest absolute Gasteiger partial charge is 0.394 e. The van der Waals surface area contributed by atoms with Crippen molar-refractivity contribution >= 4 is 17.9 Å². The molecule has 9 heteroatoms. The summed E-state index contributed by atoms with van der Waals surface area (Å²) in [4.78, 5) is 27.2. The van der Waals surface area contributed by atoms with E-state index in [9.17, 15) is 27.9 Å². The Bertz CT molecular complexity index is 1220. The molecule has 2 aliphatic rings. The number of amides is 2. The van der Waals surface area contributed by atoms with Crippen molar-refractivity contribution in [1.82, 2.24) is 15.5 Å². The maximum atomic E-state index is 13.1. The van der Waals surface area contributed by atoms with Crippen LogP contribution in [-0.2, 0) is 22.3 Å². The molecule has 0 aromatic heterocycles. The highest BCUT2D eigenvalue weighted by Gasteiger charge is 2.47. The highest BCUT2D eigenvalue weighted by atomic mass is 19.4. The summed E-state index contributed by atoms with van der Waals surface area (Å²) in [5.41, 5.74) is 1.36. The minimum absolute atomic E-state index is 0.0932. The van der Waals surface area contributed by atoms with Crippen LogP contribution in [0.25, 0.3) is 6.08 Å². The number of nitrogens with one attached hydrogen (secondary N) is 2. The van der Waals surface area contributed by atoms with Gasteiger partial charge in [-0.25, -0.2) is 0 Å². The lowest BCUT2D eigenvalue weighted by Crippen LogP contribution is -2.72. The molecule has 1 saturated heterocycles. The van der Waals surface area contributed by atoms with E-state index in [1.807, 2.05) is 60.7 Å². The molecule has 0 bridgehead atoms. The summed E-state index contributed by atoms with van der Waals surface area (Å²) in [6, 6.07) is 12.7. The number of benzene rings is 2. The maximum absolute atomic E-state index is 13.1. The second kappa shape index (κ2) is 12.2. The van der Waals surface area contributed by atoms with Gasteiger partial charge in [0.1, 0.15) is 12.6 Å². The van der Waals surface area contributed by atoms with E-state index in [4.69, 9.17) is 0 Å². The molecule has 200 valence electrons. The van der Waals surface area contributed by atoms with E-state index < -0.39 is 35.8 Å². The Hall–Kier alpha value is -3.69. The number of rotatable bonds is 10. The van der Waals surface area contributed by atoms with Gasteiger partial charge in [0.05, 0.1) is 24.3 Å². The molecule has 3 N–H and O–H groups in total. The van der Waals surface area contributed by atoms with Gasteiger partial charge in [-0.05, 0) is 41.7 Å². The summed E-state index contributed by atoms with van der Waals surface area (Å²) >= 11 is 0. The summed E-state index contributed by atoms with van der Waals surface area (Å²) in [6.07, 6.45) is 7.02. The third-order valence-corrected chi connectivity index (χ3v) is 6.58. The molecule has 2 aromatic carbocycles. The van der Waals surface area contributed by atoms with Crippen molar-refractivity contribution < 1.29 is 27.9 Å². The van der Waals surface area contributed by atoms with E-state index in [2.05, 4.69) is 10.6 Å². The molecule has 0 saturated carbocycles. The van der Waals surface area contributed by atoms with Crippen molar-refractivity contribution in [2.45, 2.75) is 43.7 Å². The van der Waals surface area contributed by atoms with Crippen molar-refractivity contribution in [3.63, 3.8) is 0 Å². The average molecular weight is 526 g/mol. The molecule has 1 aliphatic carbocycles. The molecular weight excluding hydrogens is 495 g/mol. The largest absolute Gasteiger partial charge is 0.416 e. The molecule has 6 nitrogen and oxygen atoms in total. The van der Waals surface area contributed by atoms with Gasteiger partial charge in [-0.15, -0.1) is 0 Å². The van der Waals surface area contributed by atoms with Crippen LogP contribution in [0.4, 0.5) is 13.2 Å². The number of aliphatic hydroxyl groups is 1. The Morgan fingerprint density at radius 3 is 2.61 bits per heavy atom. The molecular formula is C29H30F3N3O3. The summed E-state index contributed by atoms with van der Waals surface area (Å²) < 4.78 is 38.9. The Kier molecular flexibility index (Phi) is 8.81. The summed E-state index contributed by atoms with van der Waals surface area (Å²) in [5.74, 6) is -0.773. The number of nitrogens with zero attached hydrogens (tertiary/aromatic N) is 1. The van der Waals surface area contributed by atoms with Crippen LogP contribution in [0.3, 0.4) is 0 Å². The second-order valence-corrected chi connectivity index (χ2v) is 9.26. The number of carbonyl (C=O) groups is 2. The zero-order valence-electron chi connectivity index (χ0n) is 20.7. The molecule has 2 aromatic rings. The lowest BCUT2D eigenvalue weighted by molar-refractivity contribution is -0.152. The summed E-state index contributed by atoms with van der Waals surface area (Å²) in [5, 5.41) is 15.8. The molecule has 4 rings (SSSR count). The van der Waals surface area contributed by atoms with Crippen LogP contribution in [-0.4, -0.2) is 53.1 Å². The van der Waals surface area contributed by atoms with Gasteiger partial charge in [-0.2, -0.15) is 13.2 Å². The highest BCUT2D eigenvalue weighted by Crippen LogP contribution is 2.29. The van der Waals surface area contributed by atoms with Gasteiger partial charge >= 0.3 is 6.18 Å². The first-order chi connectivity index (χ1) is 18.3. The monoisotopic (exact) mass is 525 g/mol. The van der Waals surface area contributed by atoms with Gasteiger partial charge in [0.2, 0.25) is 11.8 Å². The van der Waals surface area contributed by atoms with Gasteiger partial charge in [0.25, 0.3) is 0 Å². The van der Waals surface area contributed by atoms with Crippen LogP contribution in [0.5, 0.6) is 0 Å². The van der Waals surface area contributed by atoms with E-state index in [1.54, 1.807) is 0 Å². The van der Waals surface area contributed by atoms with Gasteiger partial charge in [-0.3, -0.25) is 14.9 Å². The van der Waals surface area contributed by atoms with Crippen molar-refractivity contribution in [2.24, 2.45) is 0 Å². The van der Waals surface area contributed by atoms with Crippen molar-refractivity contribution in [1.29, 1.82) is 0 Å². The quantitative estimate of drug-likeness (QED) is 0.412. The fourth-order valence-corrected chi connectivity index (χ4v) is 4.54. The number of aliphatic hydroxyl groups excluding tert-OH is 1. The van der Waals surface area contributed by atoms with E-state index in [0.29, 0.717) is 5.56 Å². The first-order valence-electron chi connectivity index (χ1n) is 12.5. The van der Waals surface area contributed by atoms with Crippen LogP contribution in [0.15, 0.2) is 84.5 Å². The first-order valence-corrected chi connectivity index (χ1v) is 12.5. The van der Waals surface area contributed by atoms with Crippen molar-refractivity contribution in [3.05, 3.63) is 101 Å². The van der Waals surface area contributed by atoms with Crippen LogP contribution in [0.2, 0.25) is 0 Å².